The number of amides is 1. The molecule has 1 amide bonds. The lowest BCUT2D eigenvalue weighted by Crippen LogP contribution is -2.40. The van der Waals surface area contributed by atoms with E-state index in [4.69, 9.17) is 14.6 Å². The van der Waals surface area contributed by atoms with Crippen LogP contribution in [0.3, 0.4) is 0 Å². The summed E-state index contributed by atoms with van der Waals surface area (Å²) < 4.78 is 38.7. The Morgan fingerprint density at radius 1 is 1.39 bits per heavy atom. The summed E-state index contributed by atoms with van der Waals surface area (Å²) in [5.74, 6) is -2.84. The summed E-state index contributed by atoms with van der Waals surface area (Å²) in [6.45, 7) is 5.89. The number of halogens is 3. The summed E-state index contributed by atoms with van der Waals surface area (Å²) in [5.41, 5.74) is 2.19. The van der Waals surface area contributed by atoms with E-state index >= 15 is 0 Å². The van der Waals surface area contributed by atoms with Crippen molar-refractivity contribution in [2.45, 2.75) is 32.7 Å². The Bertz CT molecular complexity index is 870. The molecule has 0 spiro atoms. The first kappa shape index (κ1) is 24.8. The largest absolute Gasteiger partial charge is 0.490 e. The second-order valence-electron chi connectivity index (χ2n) is 6.82. The van der Waals surface area contributed by atoms with E-state index in [9.17, 15) is 18.0 Å². The molecule has 31 heavy (non-hydrogen) atoms. The molecular formula is C18H24F3N5O4S. The zero-order valence-electron chi connectivity index (χ0n) is 17.1. The molecule has 1 unspecified atom stereocenters. The Morgan fingerprint density at radius 2 is 2.10 bits per heavy atom. The molecule has 0 radical (unpaired) electrons. The number of fused-ring (bicyclic) bond motifs is 1. The molecule has 2 aromatic heterocycles. The number of nitrogens with one attached hydrogen (secondary N) is 1. The van der Waals surface area contributed by atoms with Gasteiger partial charge in [-0.2, -0.15) is 18.3 Å². The van der Waals surface area contributed by atoms with Gasteiger partial charge in [-0.25, -0.2) is 9.78 Å². The van der Waals surface area contributed by atoms with E-state index < -0.39 is 12.1 Å². The van der Waals surface area contributed by atoms with Gasteiger partial charge in [0.2, 0.25) is 5.91 Å². The number of alkyl halides is 3. The molecule has 0 saturated heterocycles. The monoisotopic (exact) mass is 463 g/mol. The van der Waals surface area contributed by atoms with Crippen LogP contribution >= 0.6 is 11.3 Å². The fourth-order valence-corrected chi connectivity index (χ4v) is 3.55. The molecule has 172 valence electrons. The molecule has 1 aliphatic rings. The number of thiazole rings is 1. The zero-order chi connectivity index (χ0) is 23.0. The van der Waals surface area contributed by atoms with E-state index in [0.29, 0.717) is 26.2 Å². The first-order chi connectivity index (χ1) is 14.6. The number of aryl methyl sites for hydroxylation is 1. The number of rotatable bonds is 6. The third kappa shape index (κ3) is 7.92. The van der Waals surface area contributed by atoms with E-state index in [1.807, 2.05) is 17.7 Å². The fourth-order valence-electron chi connectivity index (χ4n) is 2.95. The van der Waals surface area contributed by atoms with Gasteiger partial charge in [0.1, 0.15) is 0 Å². The van der Waals surface area contributed by atoms with Crippen molar-refractivity contribution in [3.63, 3.8) is 0 Å². The third-order valence-corrected chi connectivity index (χ3v) is 5.16. The number of carbonyl (C=O) groups is 2. The van der Waals surface area contributed by atoms with Crippen LogP contribution < -0.4 is 5.32 Å². The van der Waals surface area contributed by atoms with Gasteiger partial charge in [-0.15, -0.1) is 11.3 Å². The van der Waals surface area contributed by atoms with E-state index in [0.717, 1.165) is 29.5 Å². The van der Waals surface area contributed by atoms with Crippen LogP contribution in [-0.4, -0.2) is 69.6 Å². The molecule has 2 N–H and O–H groups in total. The predicted molar refractivity (Wildman–Crippen MR) is 105 cm³/mol. The molecule has 9 nitrogen and oxygen atoms in total. The van der Waals surface area contributed by atoms with Crippen LogP contribution in [0.5, 0.6) is 0 Å². The van der Waals surface area contributed by atoms with Gasteiger partial charge in [0.25, 0.3) is 0 Å². The number of carboxylic acids is 1. The lowest BCUT2D eigenvalue weighted by molar-refractivity contribution is -0.192. The maximum absolute atomic E-state index is 12.5. The number of hydrogen-bond donors (Lipinski definition) is 2. The summed E-state index contributed by atoms with van der Waals surface area (Å²) in [5, 5.41) is 17.6. The summed E-state index contributed by atoms with van der Waals surface area (Å²) >= 11 is 1.66. The molecule has 13 heteroatoms. The van der Waals surface area contributed by atoms with Gasteiger partial charge in [0, 0.05) is 44.9 Å². The quantitative estimate of drug-likeness (QED) is 0.628. The Labute approximate surface area is 180 Å². The summed E-state index contributed by atoms with van der Waals surface area (Å²) in [6, 6.07) is 2.02. The maximum Gasteiger partial charge on any atom is 0.490 e. The van der Waals surface area contributed by atoms with Gasteiger partial charge in [0.05, 0.1) is 35.5 Å². The average Bonchev–Trinajstić information content (AvgIpc) is 3.25. The van der Waals surface area contributed by atoms with Crippen LogP contribution in [0.25, 0.3) is 0 Å². The van der Waals surface area contributed by atoms with Gasteiger partial charge >= 0.3 is 12.1 Å². The lowest BCUT2D eigenvalue weighted by Gasteiger charge is -2.22. The number of carbonyl (C=O) groups excluding carboxylic acids is 1. The third-order valence-electron chi connectivity index (χ3n) is 4.33. The lowest BCUT2D eigenvalue weighted by atomic mass is 10.1. The Balaban J connectivity index is 0.000000423. The van der Waals surface area contributed by atoms with Gasteiger partial charge in [-0.05, 0) is 13.0 Å². The van der Waals surface area contributed by atoms with Gasteiger partial charge < -0.3 is 15.2 Å². The molecular weight excluding hydrogens is 439 g/mol. The normalized spacial score (nSPS) is 16.6. The van der Waals surface area contributed by atoms with Crippen molar-refractivity contribution in [3.8, 4) is 0 Å². The SMILES string of the molecule is COCCNC(=O)C1CN(Cc2csc(C)n2)Cc2ccnn2C1.O=C(O)C(F)(F)F. The van der Waals surface area contributed by atoms with Crippen molar-refractivity contribution in [1.82, 2.24) is 25.0 Å². The van der Waals surface area contributed by atoms with Crippen molar-refractivity contribution in [1.29, 1.82) is 0 Å². The molecule has 3 heterocycles. The van der Waals surface area contributed by atoms with Crippen LogP contribution in [0.2, 0.25) is 0 Å². The molecule has 1 aliphatic heterocycles. The van der Waals surface area contributed by atoms with E-state index in [1.54, 1.807) is 24.6 Å². The number of hydrogen-bond acceptors (Lipinski definition) is 7. The predicted octanol–water partition coefficient (Wildman–Crippen LogP) is 1.68. The molecule has 1 atom stereocenters. The van der Waals surface area contributed by atoms with Crippen molar-refractivity contribution in [3.05, 3.63) is 34.0 Å². The number of nitrogens with zero attached hydrogens (tertiary/aromatic N) is 4. The standard InChI is InChI=1S/C16H23N5O2S.C2HF3O2/c1-12-19-14(11-24-12)9-20-7-13(16(22)17-5-6-23-2)8-21-15(10-20)3-4-18-21;3-2(4,5)1(6)7/h3-4,11,13H,5-10H2,1-2H3,(H,17,22);(H,6,7). The number of aromatic nitrogens is 3. The van der Waals surface area contributed by atoms with Crippen molar-refractivity contribution in [2.75, 3.05) is 26.8 Å². The zero-order valence-corrected chi connectivity index (χ0v) is 17.9. The summed E-state index contributed by atoms with van der Waals surface area (Å²) in [4.78, 5) is 28.2. The van der Waals surface area contributed by atoms with Crippen LogP contribution in [0.15, 0.2) is 17.6 Å². The smallest absolute Gasteiger partial charge is 0.475 e. The Kier molecular flexibility index (Phi) is 8.95. The average molecular weight is 463 g/mol. The second-order valence-corrected chi connectivity index (χ2v) is 7.88. The van der Waals surface area contributed by atoms with E-state index in [1.165, 1.54) is 0 Å². The van der Waals surface area contributed by atoms with Crippen LogP contribution in [0.1, 0.15) is 16.4 Å². The summed E-state index contributed by atoms with van der Waals surface area (Å²) in [7, 11) is 1.63. The van der Waals surface area contributed by atoms with Crippen LogP contribution in [0.4, 0.5) is 13.2 Å². The second kappa shape index (κ2) is 11.2. The van der Waals surface area contributed by atoms with Crippen LogP contribution in [-0.2, 0) is 34.0 Å². The number of ether oxygens (including phenoxy) is 1. The minimum Gasteiger partial charge on any atom is -0.475 e. The molecule has 0 aliphatic carbocycles. The van der Waals surface area contributed by atoms with E-state index in [2.05, 4.69) is 25.7 Å². The molecule has 0 saturated carbocycles. The highest BCUT2D eigenvalue weighted by Gasteiger charge is 2.38. The van der Waals surface area contributed by atoms with E-state index in [-0.39, 0.29) is 11.8 Å². The topological polar surface area (TPSA) is 110 Å². The highest BCUT2D eigenvalue weighted by atomic mass is 32.1. The Morgan fingerprint density at radius 3 is 2.68 bits per heavy atom. The molecule has 0 aromatic carbocycles. The molecule has 2 aromatic rings. The maximum atomic E-state index is 12.5. The molecule has 0 fully saturated rings. The Hall–Kier alpha value is -2.51. The number of aliphatic carboxylic acids is 1. The first-order valence-corrected chi connectivity index (χ1v) is 10.2. The minimum absolute atomic E-state index is 0.0508. The minimum atomic E-state index is -5.08. The fraction of sp³-hybridized carbons (Fsp3) is 0.556. The van der Waals surface area contributed by atoms with Crippen molar-refractivity contribution >= 4 is 23.2 Å². The highest BCUT2D eigenvalue weighted by Crippen LogP contribution is 2.19. The van der Waals surface area contributed by atoms with Crippen LogP contribution in [0, 0.1) is 12.8 Å². The first-order valence-electron chi connectivity index (χ1n) is 9.31. The highest BCUT2D eigenvalue weighted by molar-refractivity contribution is 7.09. The molecule has 3 rings (SSSR count). The number of carboxylic acid groups (broad SMARTS) is 1. The number of methoxy groups -OCH3 is 1. The van der Waals surface area contributed by atoms with Crippen molar-refractivity contribution < 1.29 is 32.6 Å². The molecule has 0 bridgehead atoms. The summed E-state index contributed by atoms with van der Waals surface area (Å²) in [6.07, 6.45) is -3.29. The van der Waals surface area contributed by atoms with Gasteiger partial charge in [-0.3, -0.25) is 14.4 Å². The van der Waals surface area contributed by atoms with Crippen molar-refractivity contribution in [2.24, 2.45) is 5.92 Å². The van der Waals surface area contributed by atoms with Gasteiger partial charge in [0.15, 0.2) is 0 Å². The van der Waals surface area contributed by atoms with Gasteiger partial charge in [-0.1, -0.05) is 0 Å².